The van der Waals surface area contributed by atoms with E-state index in [1.807, 2.05) is 42.5 Å². The molecule has 3 aromatic carbocycles. The number of nitrogens with zero attached hydrogens (tertiary/aromatic N) is 7. The van der Waals surface area contributed by atoms with Crippen LogP contribution < -0.4 is 9.64 Å². The van der Waals surface area contributed by atoms with E-state index in [1.54, 1.807) is 55.5 Å². The molecule has 1 amide bonds. The molecule has 3 heterocycles. The van der Waals surface area contributed by atoms with Crippen LogP contribution in [0.15, 0.2) is 91.0 Å². The zero-order valence-electron chi connectivity index (χ0n) is 24.4. The van der Waals surface area contributed by atoms with Gasteiger partial charge in [-0.2, -0.15) is 9.78 Å². The van der Waals surface area contributed by atoms with Gasteiger partial charge in [-0.05, 0) is 64.2 Å². The Hall–Kier alpha value is -5.58. The lowest BCUT2D eigenvalue weighted by atomic mass is 9.86. The molecule has 220 valence electrons. The van der Waals surface area contributed by atoms with Crippen LogP contribution in [0.5, 0.6) is 11.8 Å². The third-order valence-electron chi connectivity index (χ3n) is 7.59. The van der Waals surface area contributed by atoms with Crippen molar-refractivity contribution in [3.63, 3.8) is 0 Å². The summed E-state index contributed by atoms with van der Waals surface area (Å²) < 4.78 is 7.51. The molecular weight excluding hydrogens is 558 g/mol. The molecule has 6 rings (SSSR count). The van der Waals surface area contributed by atoms with Crippen molar-refractivity contribution in [3.8, 4) is 11.8 Å². The number of aromatic nitrogens is 6. The minimum absolute atomic E-state index is 0.185. The molecule has 0 spiro atoms. The summed E-state index contributed by atoms with van der Waals surface area (Å²) in [5.41, 5.74) is 3.63. The third-order valence-corrected chi connectivity index (χ3v) is 7.59. The maximum absolute atomic E-state index is 13.9. The number of ketones is 2. The Kier molecular flexibility index (Phi) is 7.76. The standard InChI is InChI=1S/C33H29N7O4/c1-20(2)23-10-12-25(13-11-23)30(41)28-29(40(32(43)31(28)42)27-18-9-21(3)34-35-27)24-14-16-26(17-15-24)44-33-36-37-38-39(33)19-22-7-5-4-6-8-22/h4-18,20,28-29H,19H2,1-3H3. The van der Waals surface area contributed by atoms with Gasteiger partial charge in [-0.1, -0.05) is 85.7 Å². The summed E-state index contributed by atoms with van der Waals surface area (Å²) in [6.45, 7) is 6.31. The number of Topliss-reactive ketones (excluding diaryl/α,β-unsaturated/α-hetero) is 2. The SMILES string of the molecule is Cc1ccc(N2C(=O)C(=O)C(C(=O)c3ccc(C(C)C)cc3)C2c2ccc(Oc3nnnn3Cc3ccccc3)cc2)nn1. The fourth-order valence-electron chi connectivity index (χ4n) is 5.22. The van der Waals surface area contributed by atoms with Crippen LogP contribution >= 0.6 is 0 Å². The van der Waals surface area contributed by atoms with E-state index in [2.05, 4.69) is 39.6 Å². The molecule has 11 heteroatoms. The number of anilines is 1. The predicted molar refractivity (Wildman–Crippen MR) is 160 cm³/mol. The van der Waals surface area contributed by atoms with Crippen molar-refractivity contribution in [2.45, 2.75) is 39.3 Å². The molecule has 1 aliphatic rings. The Morgan fingerprint density at radius 1 is 0.864 bits per heavy atom. The number of ether oxygens (including phenoxy) is 1. The van der Waals surface area contributed by atoms with Gasteiger partial charge in [0.1, 0.15) is 11.7 Å². The number of hydrogen-bond acceptors (Lipinski definition) is 9. The molecule has 1 fully saturated rings. The number of rotatable bonds is 9. The lowest BCUT2D eigenvalue weighted by molar-refractivity contribution is -0.135. The first-order chi connectivity index (χ1) is 21.3. The number of tetrazole rings is 1. The Balaban J connectivity index is 1.32. The van der Waals surface area contributed by atoms with Gasteiger partial charge in [0.05, 0.1) is 18.3 Å². The van der Waals surface area contributed by atoms with Gasteiger partial charge < -0.3 is 4.74 Å². The van der Waals surface area contributed by atoms with E-state index in [-0.39, 0.29) is 17.7 Å². The van der Waals surface area contributed by atoms with Crippen molar-refractivity contribution in [3.05, 3.63) is 119 Å². The molecule has 1 saturated heterocycles. The van der Waals surface area contributed by atoms with Crippen molar-refractivity contribution >= 4 is 23.3 Å². The fourth-order valence-corrected chi connectivity index (χ4v) is 5.22. The molecule has 0 radical (unpaired) electrons. The first-order valence-corrected chi connectivity index (χ1v) is 14.2. The number of carbonyl (C=O) groups excluding carboxylic acids is 3. The Morgan fingerprint density at radius 3 is 2.25 bits per heavy atom. The second-order valence-corrected chi connectivity index (χ2v) is 10.9. The molecule has 5 aromatic rings. The van der Waals surface area contributed by atoms with Gasteiger partial charge in [-0.15, -0.1) is 5.10 Å². The molecule has 11 nitrogen and oxygen atoms in total. The number of hydrogen-bond donors (Lipinski definition) is 0. The Bertz CT molecular complexity index is 1800. The topological polar surface area (TPSA) is 133 Å². The highest BCUT2D eigenvalue weighted by Gasteiger charge is 2.53. The molecular formula is C33H29N7O4. The van der Waals surface area contributed by atoms with Crippen molar-refractivity contribution in [1.29, 1.82) is 0 Å². The fraction of sp³-hybridized carbons (Fsp3) is 0.212. The molecule has 0 bridgehead atoms. The maximum Gasteiger partial charge on any atom is 0.341 e. The van der Waals surface area contributed by atoms with Gasteiger partial charge in [0.2, 0.25) is 5.78 Å². The van der Waals surface area contributed by atoms with Crippen LogP contribution in [-0.4, -0.2) is 47.9 Å². The Labute approximate surface area is 253 Å². The van der Waals surface area contributed by atoms with E-state index in [0.29, 0.717) is 29.1 Å². The normalized spacial score (nSPS) is 16.5. The molecule has 0 N–H and O–H groups in total. The highest BCUT2D eigenvalue weighted by atomic mass is 16.5. The van der Waals surface area contributed by atoms with Crippen LogP contribution in [0.1, 0.15) is 58.5 Å². The number of aryl methyl sites for hydroxylation is 1. The average Bonchev–Trinajstić information content (AvgIpc) is 3.58. The van der Waals surface area contributed by atoms with Gasteiger partial charge in [-0.25, -0.2) is 0 Å². The summed E-state index contributed by atoms with van der Waals surface area (Å²) in [6, 6.07) is 26.2. The summed E-state index contributed by atoms with van der Waals surface area (Å²) in [4.78, 5) is 42.1. The largest absolute Gasteiger partial charge is 0.423 e. The lowest BCUT2D eigenvalue weighted by Gasteiger charge is -2.26. The van der Waals surface area contributed by atoms with Crippen LogP contribution in [0.2, 0.25) is 0 Å². The van der Waals surface area contributed by atoms with E-state index in [0.717, 1.165) is 11.1 Å². The van der Waals surface area contributed by atoms with Crippen molar-refractivity contribution in [1.82, 2.24) is 30.4 Å². The molecule has 44 heavy (non-hydrogen) atoms. The van der Waals surface area contributed by atoms with Crippen LogP contribution in [0.3, 0.4) is 0 Å². The van der Waals surface area contributed by atoms with Crippen LogP contribution in [-0.2, 0) is 16.1 Å². The first-order valence-electron chi connectivity index (χ1n) is 14.2. The minimum atomic E-state index is -1.28. The zero-order chi connectivity index (χ0) is 30.8. The number of amides is 1. The molecule has 2 unspecified atom stereocenters. The summed E-state index contributed by atoms with van der Waals surface area (Å²) in [7, 11) is 0. The zero-order valence-corrected chi connectivity index (χ0v) is 24.4. The van der Waals surface area contributed by atoms with Crippen molar-refractivity contribution < 1.29 is 19.1 Å². The van der Waals surface area contributed by atoms with Gasteiger partial charge in [0.15, 0.2) is 11.6 Å². The van der Waals surface area contributed by atoms with E-state index in [9.17, 15) is 14.4 Å². The molecule has 1 aliphatic heterocycles. The summed E-state index contributed by atoms with van der Waals surface area (Å²) >= 11 is 0. The predicted octanol–water partition coefficient (Wildman–Crippen LogP) is 4.89. The smallest absolute Gasteiger partial charge is 0.341 e. The second kappa shape index (κ2) is 12.0. The molecule has 0 saturated carbocycles. The maximum atomic E-state index is 13.9. The van der Waals surface area contributed by atoms with Crippen LogP contribution in [0, 0.1) is 12.8 Å². The van der Waals surface area contributed by atoms with E-state index < -0.39 is 29.4 Å². The number of benzene rings is 3. The average molecular weight is 588 g/mol. The highest BCUT2D eigenvalue weighted by molar-refractivity contribution is 6.48. The van der Waals surface area contributed by atoms with E-state index >= 15 is 0 Å². The van der Waals surface area contributed by atoms with Crippen LogP contribution in [0.25, 0.3) is 0 Å². The monoisotopic (exact) mass is 587 g/mol. The summed E-state index contributed by atoms with van der Waals surface area (Å²) in [5, 5.41) is 20.0. The van der Waals surface area contributed by atoms with Crippen LogP contribution in [0.4, 0.5) is 5.82 Å². The molecule has 0 aliphatic carbocycles. The van der Waals surface area contributed by atoms with Gasteiger partial charge in [0.25, 0.3) is 5.91 Å². The minimum Gasteiger partial charge on any atom is -0.423 e. The highest BCUT2D eigenvalue weighted by Crippen LogP contribution is 2.41. The quantitative estimate of drug-likeness (QED) is 0.134. The van der Waals surface area contributed by atoms with Gasteiger partial charge >= 0.3 is 6.01 Å². The second-order valence-electron chi connectivity index (χ2n) is 10.9. The van der Waals surface area contributed by atoms with Crippen molar-refractivity contribution in [2.24, 2.45) is 5.92 Å². The van der Waals surface area contributed by atoms with E-state index in [1.165, 1.54) is 9.58 Å². The summed E-state index contributed by atoms with van der Waals surface area (Å²) in [5.74, 6) is -2.43. The Morgan fingerprint density at radius 2 is 1.59 bits per heavy atom. The molecule has 2 aromatic heterocycles. The molecule has 2 atom stereocenters. The summed E-state index contributed by atoms with van der Waals surface area (Å²) in [6.07, 6.45) is 0. The van der Waals surface area contributed by atoms with E-state index in [4.69, 9.17) is 4.74 Å². The van der Waals surface area contributed by atoms with Crippen molar-refractivity contribution in [2.75, 3.05) is 4.90 Å². The number of carbonyl (C=O) groups is 3. The lowest BCUT2D eigenvalue weighted by Crippen LogP contribution is -2.31. The van der Waals surface area contributed by atoms with Gasteiger partial charge in [0, 0.05) is 5.56 Å². The first kappa shape index (κ1) is 28.5. The van der Waals surface area contributed by atoms with Gasteiger partial charge in [-0.3, -0.25) is 19.3 Å². The third kappa shape index (κ3) is 5.59.